The molecule has 1 saturated heterocycles. The largest absolute Gasteiger partial charge is 0.480 e. The van der Waals surface area contributed by atoms with Gasteiger partial charge in [0.15, 0.2) is 9.84 Å². The topological polar surface area (TPSA) is 129 Å². The number of carbonyl (C=O) groups excluding carboxylic acids is 1. The summed E-state index contributed by atoms with van der Waals surface area (Å²) in [6.45, 7) is 2.73. The van der Waals surface area contributed by atoms with Crippen LogP contribution in [0.2, 0.25) is 0 Å². The van der Waals surface area contributed by atoms with Gasteiger partial charge in [-0.2, -0.15) is 0 Å². The van der Waals surface area contributed by atoms with Gasteiger partial charge < -0.3 is 10.0 Å². The second-order valence-electron chi connectivity index (χ2n) is 5.62. The Hall–Kier alpha value is -1.20. The lowest BCUT2D eigenvalue weighted by Gasteiger charge is -2.37. The van der Waals surface area contributed by atoms with Gasteiger partial charge in [0.05, 0.1) is 5.75 Å². The number of hydrogen-bond acceptors (Lipinski definition) is 6. The van der Waals surface area contributed by atoms with Crippen molar-refractivity contribution in [2.24, 2.45) is 0 Å². The van der Waals surface area contributed by atoms with Gasteiger partial charge in [0.2, 0.25) is 15.9 Å². The Morgan fingerprint density at radius 2 is 1.62 bits per heavy atom. The van der Waals surface area contributed by atoms with Gasteiger partial charge >= 0.3 is 5.97 Å². The molecule has 9 nitrogen and oxygen atoms in total. The molecule has 24 heavy (non-hydrogen) atoms. The number of piperidine rings is 1. The molecule has 0 radical (unpaired) electrons. The van der Waals surface area contributed by atoms with Crippen LogP contribution in [-0.4, -0.2) is 86.0 Å². The maximum absolute atomic E-state index is 12.2. The first-order chi connectivity index (χ1) is 11.0. The zero-order chi connectivity index (χ0) is 18.5. The molecule has 1 aliphatic rings. The minimum Gasteiger partial charge on any atom is -0.480 e. The van der Waals surface area contributed by atoms with Crippen molar-refractivity contribution in [1.29, 1.82) is 0 Å². The van der Waals surface area contributed by atoms with E-state index in [0.717, 1.165) is 4.90 Å². The van der Waals surface area contributed by atoms with Crippen LogP contribution in [0.4, 0.5) is 0 Å². The Morgan fingerprint density at radius 1 is 1.08 bits per heavy atom. The van der Waals surface area contributed by atoms with Crippen molar-refractivity contribution in [2.45, 2.75) is 32.7 Å². The van der Waals surface area contributed by atoms with E-state index in [1.807, 2.05) is 0 Å². The number of sulfonamides is 1. The van der Waals surface area contributed by atoms with E-state index >= 15 is 0 Å². The highest BCUT2D eigenvalue weighted by atomic mass is 32.2. The van der Waals surface area contributed by atoms with Crippen molar-refractivity contribution < 1.29 is 31.5 Å². The number of sulfone groups is 1. The van der Waals surface area contributed by atoms with Gasteiger partial charge in [-0.25, -0.2) is 21.1 Å². The second-order valence-corrected chi connectivity index (χ2v) is 10.2. The molecule has 0 aliphatic carbocycles. The number of rotatable bonds is 8. The molecular formula is C13H24N2O7S2. The van der Waals surface area contributed by atoms with Crippen LogP contribution in [0.3, 0.4) is 0 Å². The molecule has 0 saturated carbocycles. The minimum absolute atomic E-state index is 0.0236. The van der Waals surface area contributed by atoms with Crippen molar-refractivity contribution in [2.75, 3.05) is 36.9 Å². The van der Waals surface area contributed by atoms with Crippen molar-refractivity contribution in [1.82, 2.24) is 9.21 Å². The highest BCUT2D eigenvalue weighted by molar-refractivity contribution is 7.92. The number of hydrogen-bond donors (Lipinski definition) is 1. The van der Waals surface area contributed by atoms with Crippen molar-refractivity contribution in [3.05, 3.63) is 0 Å². The van der Waals surface area contributed by atoms with Gasteiger partial charge in [-0.05, 0) is 19.8 Å². The highest BCUT2D eigenvalue weighted by Gasteiger charge is 2.33. The first-order valence-corrected chi connectivity index (χ1v) is 11.1. The third kappa shape index (κ3) is 5.71. The molecule has 0 aromatic heterocycles. The van der Waals surface area contributed by atoms with E-state index in [4.69, 9.17) is 5.11 Å². The summed E-state index contributed by atoms with van der Waals surface area (Å²) in [5.74, 6) is -2.95. The number of carbonyl (C=O) groups is 2. The van der Waals surface area contributed by atoms with Crippen LogP contribution in [0.1, 0.15) is 26.7 Å². The summed E-state index contributed by atoms with van der Waals surface area (Å²) in [6, 6.07) is -0.482. The summed E-state index contributed by atoms with van der Waals surface area (Å²) in [5.41, 5.74) is 0. The molecular weight excluding hydrogens is 360 g/mol. The fourth-order valence-electron chi connectivity index (χ4n) is 2.55. The number of carboxylic acids is 1. The van der Waals surface area contributed by atoms with Crippen LogP contribution in [0.15, 0.2) is 0 Å². The van der Waals surface area contributed by atoms with Crippen LogP contribution in [-0.2, 0) is 29.4 Å². The van der Waals surface area contributed by atoms with Gasteiger partial charge in [0, 0.05) is 24.9 Å². The van der Waals surface area contributed by atoms with Crippen molar-refractivity contribution in [3.63, 3.8) is 0 Å². The number of aliphatic carboxylic acids is 1. The van der Waals surface area contributed by atoms with Gasteiger partial charge in [-0.1, -0.05) is 6.92 Å². The van der Waals surface area contributed by atoms with Crippen LogP contribution >= 0.6 is 0 Å². The van der Waals surface area contributed by atoms with Crippen molar-refractivity contribution >= 4 is 31.7 Å². The fraction of sp³-hybridized carbons (Fsp3) is 0.846. The van der Waals surface area contributed by atoms with Gasteiger partial charge in [0.25, 0.3) is 0 Å². The SMILES string of the molecule is CCS(=O)(=O)CC(=O)N(CC(=O)O)C1CCN(S(=O)(=O)CC)CC1. The van der Waals surface area contributed by atoms with E-state index in [1.54, 1.807) is 0 Å². The minimum atomic E-state index is -3.57. The molecule has 0 bridgehead atoms. The van der Waals surface area contributed by atoms with E-state index in [9.17, 15) is 26.4 Å². The maximum atomic E-state index is 12.2. The lowest BCUT2D eigenvalue weighted by Crippen LogP contribution is -2.51. The molecule has 1 rings (SSSR count). The monoisotopic (exact) mass is 384 g/mol. The Balaban J connectivity index is 2.84. The molecule has 0 atom stereocenters. The third-order valence-electron chi connectivity index (χ3n) is 4.03. The van der Waals surface area contributed by atoms with Gasteiger partial charge in [0.1, 0.15) is 12.3 Å². The van der Waals surface area contributed by atoms with Crippen LogP contribution < -0.4 is 0 Å². The quantitative estimate of drug-likeness (QED) is 0.577. The molecule has 0 aromatic rings. The summed E-state index contributed by atoms with van der Waals surface area (Å²) in [4.78, 5) is 24.3. The summed E-state index contributed by atoms with van der Waals surface area (Å²) in [5, 5.41) is 8.99. The molecule has 1 fully saturated rings. The van der Waals surface area contributed by atoms with E-state index in [2.05, 4.69) is 0 Å². The standard InChI is InChI=1S/C13H24N2O7S2/c1-3-23(19,20)10-12(16)15(9-13(17)18)11-5-7-14(8-6-11)24(21,22)4-2/h11H,3-10H2,1-2H3,(H,17,18). The van der Waals surface area contributed by atoms with Gasteiger partial charge in [-0.15, -0.1) is 0 Å². The van der Waals surface area contributed by atoms with Crippen molar-refractivity contribution in [3.8, 4) is 0 Å². The smallest absolute Gasteiger partial charge is 0.323 e. The first-order valence-electron chi connectivity index (χ1n) is 7.72. The van der Waals surface area contributed by atoms with Gasteiger partial charge in [-0.3, -0.25) is 9.59 Å². The van der Waals surface area contributed by atoms with Crippen LogP contribution in [0, 0.1) is 0 Å². The summed E-state index contributed by atoms with van der Waals surface area (Å²) in [6.07, 6.45) is 0.564. The predicted octanol–water partition coefficient (Wildman–Crippen LogP) is -0.852. The average molecular weight is 384 g/mol. The van der Waals surface area contributed by atoms with E-state index in [1.165, 1.54) is 18.2 Å². The Labute approximate surface area is 142 Å². The maximum Gasteiger partial charge on any atom is 0.323 e. The summed E-state index contributed by atoms with van der Waals surface area (Å²) < 4.78 is 48.2. The molecule has 0 spiro atoms. The highest BCUT2D eigenvalue weighted by Crippen LogP contribution is 2.20. The zero-order valence-corrected chi connectivity index (χ0v) is 15.5. The lowest BCUT2D eigenvalue weighted by molar-refractivity contribution is -0.145. The molecule has 1 N–H and O–H groups in total. The molecule has 1 heterocycles. The van der Waals surface area contributed by atoms with E-state index in [-0.39, 0.29) is 37.4 Å². The van der Waals surface area contributed by atoms with E-state index in [0.29, 0.717) is 0 Å². The summed E-state index contributed by atoms with van der Waals surface area (Å²) in [7, 11) is -6.90. The second kappa shape index (κ2) is 8.26. The average Bonchev–Trinajstić information content (AvgIpc) is 2.52. The molecule has 0 aromatic carbocycles. The predicted molar refractivity (Wildman–Crippen MR) is 87.7 cm³/mol. The van der Waals surface area contributed by atoms with Crippen LogP contribution in [0.5, 0.6) is 0 Å². The molecule has 1 amide bonds. The summed E-state index contributed by atoms with van der Waals surface area (Å²) >= 11 is 0. The Morgan fingerprint density at radius 3 is 2.04 bits per heavy atom. The molecule has 1 aliphatic heterocycles. The third-order valence-corrected chi connectivity index (χ3v) is 7.48. The molecule has 11 heteroatoms. The van der Waals surface area contributed by atoms with E-state index < -0.39 is 50.1 Å². The number of amides is 1. The zero-order valence-electron chi connectivity index (χ0n) is 13.8. The normalized spacial score (nSPS) is 17.6. The first kappa shape index (κ1) is 20.8. The number of carboxylic acid groups (broad SMARTS) is 1. The molecule has 0 unspecified atom stereocenters. The number of nitrogens with zero attached hydrogens (tertiary/aromatic N) is 2. The lowest BCUT2D eigenvalue weighted by atomic mass is 10.0. The fourth-order valence-corrected chi connectivity index (χ4v) is 4.43. The van der Waals surface area contributed by atoms with Crippen LogP contribution in [0.25, 0.3) is 0 Å². The Kier molecular flexibility index (Phi) is 7.17. The molecule has 140 valence electrons. The Bertz CT molecular complexity index is 664.